The SMILES string of the molecule is [BH3-]N(C)C[NH-]. The van der Waals surface area contributed by atoms with Gasteiger partial charge >= 0.3 is 0 Å². The number of nitrogens with zero attached hydrogens (tertiary/aromatic N) is 1. The normalized spacial score (nSPS) is 9.60. The van der Waals surface area contributed by atoms with Crippen LogP contribution in [0.3, 0.4) is 0 Å². The summed E-state index contributed by atoms with van der Waals surface area (Å²) >= 11 is 0. The van der Waals surface area contributed by atoms with E-state index in [1.54, 1.807) is 0 Å². The fourth-order valence-electron chi connectivity index (χ4n) is 0. The molecule has 0 spiro atoms. The van der Waals surface area contributed by atoms with Gasteiger partial charge in [0.2, 0.25) is 0 Å². The van der Waals surface area contributed by atoms with Crippen molar-refractivity contribution in [2.45, 2.75) is 0 Å². The molecule has 0 aromatic heterocycles. The average Bonchev–Trinajstić information content (AvgIpc) is 1.38. The van der Waals surface area contributed by atoms with Crippen LogP contribution in [-0.2, 0) is 0 Å². The second-order valence-corrected chi connectivity index (χ2v) is 0.474. The molecule has 5 heavy (non-hydrogen) atoms. The van der Waals surface area contributed by atoms with Gasteiger partial charge < -0.3 is 10.5 Å². The summed E-state index contributed by atoms with van der Waals surface area (Å²) in [5, 5.41) is 0. The zero-order valence-electron chi connectivity index (χ0n) is 2.65. The van der Waals surface area contributed by atoms with Crippen molar-refractivity contribution in [1.82, 2.24) is 4.81 Å². The molecule has 0 aromatic carbocycles. The Morgan fingerprint density at radius 1 is 2.00 bits per heavy atom. The summed E-state index contributed by atoms with van der Waals surface area (Å²) in [5.74, 6) is 0. The molecule has 0 fully saturated rings. The Hall–Kier alpha value is -0.0151. The van der Waals surface area contributed by atoms with Crippen LogP contribution in [0.25, 0.3) is 5.73 Å². The van der Waals surface area contributed by atoms with Gasteiger partial charge in [-0.25, -0.2) is 0 Å². The van der Waals surface area contributed by atoms with Gasteiger partial charge in [0.15, 0.2) is 0 Å². The number of hydrogen-bond acceptors (Lipinski definition) is 1. The maximum absolute atomic E-state index is 6.65. The lowest BCUT2D eigenvalue weighted by Gasteiger charge is -2.17. The number of rotatable bonds is 1. The van der Waals surface area contributed by atoms with Crippen LogP contribution in [0, 0.1) is 0 Å². The van der Waals surface area contributed by atoms with Crippen molar-refractivity contribution in [2.24, 2.45) is 0 Å². The minimum Gasteiger partial charge on any atom is -0.668 e. The molecule has 0 aromatic rings. The molecule has 1 N–H and O–H groups in total. The van der Waals surface area contributed by atoms with Crippen LogP contribution in [0.2, 0.25) is 0 Å². The van der Waals surface area contributed by atoms with Crippen molar-refractivity contribution in [1.29, 1.82) is 0 Å². The molecular weight excluding hydrogens is 62.8 g/mol. The van der Waals surface area contributed by atoms with E-state index < -0.39 is 0 Å². The van der Waals surface area contributed by atoms with Gasteiger partial charge in [-0.1, -0.05) is 7.05 Å². The van der Waals surface area contributed by atoms with Gasteiger partial charge in [-0.15, -0.1) is 6.67 Å². The van der Waals surface area contributed by atoms with Crippen LogP contribution in [0.5, 0.6) is 0 Å². The molecule has 0 heterocycles. The van der Waals surface area contributed by atoms with Gasteiger partial charge in [-0.2, -0.15) is 0 Å². The van der Waals surface area contributed by atoms with E-state index in [0.29, 0.717) is 14.6 Å². The zero-order chi connectivity index (χ0) is 4.28. The second kappa shape index (κ2) is 2.24. The molecule has 3 heteroatoms. The Kier molecular flexibility index (Phi) is 2.23. The molecule has 0 amide bonds. The fourth-order valence-corrected chi connectivity index (χ4v) is 0. The average molecular weight is 71.9 g/mol. The van der Waals surface area contributed by atoms with E-state index in [1.807, 2.05) is 11.9 Å². The van der Waals surface area contributed by atoms with Crippen molar-refractivity contribution < 1.29 is 0 Å². The summed E-state index contributed by atoms with van der Waals surface area (Å²) in [7, 11) is 2.31. The molecule has 32 valence electrons. The van der Waals surface area contributed by atoms with Crippen LogP contribution >= 0.6 is 0 Å². The van der Waals surface area contributed by atoms with Gasteiger partial charge in [0.1, 0.15) is 0 Å². The van der Waals surface area contributed by atoms with Crippen molar-refractivity contribution in [2.75, 3.05) is 13.7 Å². The molecule has 0 aliphatic carbocycles. The monoisotopic (exact) mass is 72.1 g/mol. The van der Waals surface area contributed by atoms with E-state index in [0.717, 1.165) is 0 Å². The van der Waals surface area contributed by atoms with Crippen LogP contribution in [0.1, 0.15) is 0 Å². The first kappa shape index (κ1) is 4.98. The minimum atomic E-state index is 0.333. The molecule has 0 radical (unpaired) electrons. The largest absolute Gasteiger partial charge is 0.668 e. The third kappa shape index (κ3) is 3.98. The minimum absolute atomic E-state index is 0.333. The smallest absolute Gasteiger partial charge is 0.0122 e. The highest BCUT2D eigenvalue weighted by Crippen LogP contribution is 1.64. The Labute approximate surface area is 33.4 Å². The predicted octanol–water partition coefficient (Wildman–Crippen LogP) is -0.792. The Bertz CT molecular complexity index is 21.6. The highest BCUT2D eigenvalue weighted by atomic mass is 15.1. The maximum atomic E-state index is 6.65. The third-order valence-electron chi connectivity index (χ3n) is 0.158. The van der Waals surface area contributed by atoms with Crippen molar-refractivity contribution in [3.05, 3.63) is 5.73 Å². The van der Waals surface area contributed by atoms with Gasteiger partial charge in [-0.3, -0.25) is 0 Å². The van der Waals surface area contributed by atoms with Crippen molar-refractivity contribution in [3.63, 3.8) is 0 Å². The first-order valence-electron chi connectivity index (χ1n) is 1.12. The highest BCUT2D eigenvalue weighted by molar-refractivity contribution is 6.04. The molecule has 0 atom stereocenters. The predicted molar refractivity (Wildman–Crippen MR) is 26.9 cm³/mol. The second-order valence-electron chi connectivity index (χ2n) is 0.474. The first-order valence-corrected chi connectivity index (χ1v) is 1.12. The Balaban J connectivity index is 2.54. The van der Waals surface area contributed by atoms with E-state index in [-0.39, 0.29) is 0 Å². The van der Waals surface area contributed by atoms with E-state index in [9.17, 15) is 0 Å². The van der Waals surface area contributed by atoms with Gasteiger partial charge in [0, 0.05) is 7.98 Å². The van der Waals surface area contributed by atoms with E-state index in [2.05, 4.69) is 0 Å². The van der Waals surface area contributed by atoms with Gasteiger partial charge in [-0.05, 0) is 0 Å². The summed E-state index contributed by atoms with van der Waals surface area (Å²) in [5.41, 5.74) is 6.65. The summed E-state index contributed by atoms with van der Waals surface area (Å²) < 4.78 is 0. The summed E-state index contributed by atoms with van der Waals surface area (Å²) in [6.45, 7) is 0.500. The van der Waals surface area contributed by atoms with Gasteiger partial charge in [0.05, 0.1) is 0 Å². The molecule has 2 nitrogen and oxygen atoms in total. The van der Waals surface area contributed by atoms with E-state index in [1.165, 1.54) is 0 Å². The van der Waals surface area contributed by atoms with E-state index >= 15 is 0 Å². The number of nitrogens with one attached hydrogen (secondary N) is 1. The first-order chi connectivity index (χ1) is 2.27. The molecule has 0 aliphatic rings. The molecule has 0 saturated heterocycles. The lowest BCUT2D eigenvalue weighted by molar-refractivity contribution is 0.614. The van der Waals surface area contributed by atoms with Gasteiger partial charge in [0.25, 0.3) is 0 Å². The summed E-state index contributed by atoms with van der Waals surface area (Å²) in [6, 6.07) is 0. The third-order valence-corrected chi connectivity index (χ3v) is 0.158. The Morgan fingerprint density at radius 3 is 2.20 bits per heavy atom. The molecule has 0 bridgehead atoms. The van der Waals surface area contributed by atoms with Crippen LogP contribution in [0.4, 0.5) is 0 Å². The summed E-state index contributed by atoms with van der Waals surface area (Å²) in [6.07, 6.45) is 0. The van der Waals surface area contributed by atoms with Crippen molar-refractivity contribution in [3.8, 4) is 0 Å². The molecule has 0 unspecified atom stereocenters. The maximum Gasteiger partial charge on any atom is 0.0122 e. The molecular formula is C2H9BN2-2. The fraction of sp³-hybridized carbons (Fsp3) is 1.00. The van der Waals surface area contributed by atoms with E-state index in [4.69, 9.17) is 5.73 Å². The van der Waals surface area contributed by atoms with Crippen LogP contribution in [0.15, 0.2) is 0 Å². The number of hydrogen-bond donors (Lipinski definition) is 0. The zero-order valence-corrected chi connectivity index (χ0v) is 2.65. The standard InChI is InChI=1S/C2H9BN2/c1-5(3)2-4/h4H,2H2,1,3H3/q-2. The lowest BCUT2D eigenvalue weighted by atomic mass is 10.4. The topological polar surface area (TPSA) is 27.0 Å². The molecule has 0 aliphatic heterocycles. The lowest BCUT2D eigenvalue weighted by Crippen LogP contribution is -2.10. The molecule has 0 rings (SSSR count). The Morgan fingerprint density at radius 2 is 2.20 bits per heavy atom. The molecule has 0 saturated carbocycles. The van der Waals surface area contributed by atoms with Crippen molar-refractivity contribution >= 4 is 7.98 Å². The van der Waals surface area contributed by atoms with Crippen LogP contribution in [-0.4, -0.2) is 26.5 Å². The van der Waals surface area contributed by atoms with Crippen LogP contribution < -0.4 is 0 Å². The quantitative estimate of drug-likeness (QED) is 0.373. The summed E-state index contributed by atoms with van der Waals surface area (Å²) in [4.78, 5) is 2.04. The highest BCUT2D eigenvalue weighted by Gasteiger charge is 1.56.